The number of hydrogen-bond donors (Lipinski definition) is 0. The van der Waals surface area contributed by atoms with Crippen molar-refractivity contribution in [3.8, 4) is 6.07 Å². The number of nitrogens with zero attached hydrogens (tertiary/aromatic N) is 5. The lowest BCUT2D eigenvalue weighted by atomic mass is 10.2. The zero-order valence-electron chi connectivity index (χ0n) is 10.5. The smallest absolute Gasteiger partial charge is 0.267 e. The van der Waals surface area contributed by atoms with Gasteiger partial charge in [0.15, 0.2) is 0 Å². The predicted molar refractivity (Wildman–Crippen MR) is 67.2 cm³/mol. The van der Waals surface area contributed by atoms with E-state index < -0.39 is 0 Å². The van der Waals surface area contributed by atoms with Crippen molar-refractivity contribution in [2.24, 2.45) is 0 Å². The highest BCUT2D eigenvalue weighted by atomic mass is 32.1. The monoisotopic (exact) mass is 265 g/mol. The molecule has 96 valence electrons. The number of rotatable bonds is 2. The van der Waals surface area contributed by atoms with Crippen molar-refractivity contribution in [3.05, 3.63) is 10.6 Å². The number of aromatic nitrogens is 2. The minimum atomic E-state index is -0.0888. The fourth-order valence-corrected chi connectivity index (χ4v) is 2.59. The van der Waals surface area contributed by atoms with E-state index in [1.807, 2.05) is 11.8 Å². The van der Waals surface area contributed by atoms with Gasteiger partial charge < -0.3 is 4.90 Å². The Morgan fingerprint density at radius 2 is 2.11 bits per heavy atom. The second-order valence-corrected chi connectivity index (χ2v) is 5.07. The molecular formula is C11H15N5OS. The first-order valence-electron chi connectivity index (χ1n) is 5.85. The molecule has 7 heteroatoms. The van der Waals surface area contributed by atoms with Gasteiger partial charge in [0.2, 0.25) is 0 Å². The number of aryl methyl sites for hydroxylation is 1. The first-order valence-corrected chi connectivity index (χ1v) is 6.62. The van der Waals surface area contributed by atoms with Crippen LogP contribution in [0.15, 0.2) is 0 Å². The summed E-state index contributed by atoms with van der Waals surface area (Å²) in [7, 11) is 0. The van der Waals surface area contributed by atoms with Crippen molar-refractivity contribution in [2.75, 3.05) is 26.2 Å². The Morgan fingerprint density at radius 1 is 1.44 bits per heavy atom. The lowest BCUT2D eigenvalue weighted by Gasteiger charge is -2.35. The van der Waals surface area contributed by atoms with E-state index in [1.165, 1.54) is 0 Å². The van der Waals surface area contributed by atoms with Crippen LogP contribution in [0, 0.1) is 18.3 Å². The number of carbonyl (C=O) groups is 1. The van der Waals surface area contributed by atoms with E-state index in [9.17, 15) is 4.79 Å². The summed E-state index contributed by atoms with van der Waals surface area (Å²) < 4.78 is 3.78. The first-order chi connectivity index (χ1) is 8.63. The Bertz CT molecular complexity index is 472. The van der Waals surface area contributed by atoms with Crippen LogP contribution in [-0.4, -0.2) is 57.5 Å². The summed E-state index contributed by atoms with van der Waals surface area (Å²) in [6.45, 7) is 6.47. The van der Waals surface area contributed by atoms with Gasteiger partial charge >= 0.3 is 0 Å². The zero-order chi connectivity index (χ0) is 13.1. The van der Waals surface area contributed by atoms with E-state index in [-0.39, 0.29) is 11.9 Å². The summed E-state index contributed by atoms with van der Waals surface area (Å²) in [6, 6.07) is 2.13. The molecule has 1 fully saturated rings. The molecule has 1 amide bonds. The predicted octanol–water partition coefficient (Wildman–Crippen LogP) is 0.516. The molecule has 0 spiro atoms. The summed E-state index contributed by atoms with van der Waals surface area (Å²) in [5.74, 6) is 0.00626. The van der Waals surface area contributed by atoms with Crippen LogP contribution in [-0.2, 0) is 0 Å². The minimum absolute atomic E-state index is 0.00626. The molecule has 1 unspecified atom stereocenters. The zero-order valence-corrected chi connectivity index (χ0v) is 11.3. The summed E-state index contributed by atoms with van der Waals surface area (Å²) in [5, 5.41) is 12.7. The van der Waals surface area contributed by atoms with Crippen molar-refractivity contribution in [3.63, 3.8) is 0 Å². The average Bonchev–Trinajstić information content (AvgIpc) is 2.83. The highest BCUT2D eigenvalue weighted by molar-refractivity contribution is 7.07. The van der Waals surface area contributed by atoms with Gasteiger partial charge in [0.05, 0.1) is 17.8 Å². The SMILES string of the molecule is Cc1nnsc1C(=O)N1CCN(C(C)C#N)CC1. The van der Waals surface area contributed by atoms with Gasteiger partial charge in [-0.05, 0) is 25.4 Å². The third-order valence-corrected chi connectivity index (χ3v) is 4.00. The van der Waals surface area contributed by atoms with Crippen molar-refractivity contribution in [2.45, 2.75) is 19.9 Å². The van der Waals surface area contributed by atoms with Gasteiger partial charge in [-0.25, -0.2) is 0 Å². The Morgan fingerprint density at radius 3 is 2.61 bits per heavy atom. The molecule has 1 atom stereocenters. The molecule has 1 saturated heterocycles. The third-order valence-electron chi connectivity index (χ3n) is 3.18. The molecule has 0 aromatic carbocycles. The van der Waals surface area contributed by atoms with Gasteiger partial charge in [-0.2, -0.15) is 5.26 Å². The maximum atomic E-state index is 12.2. The van der Waals surface area contributed by atoms with Crippen molar-refractivity contribution < 1.29 is 4.79 Å². The largest absolute Gasteiger partial charge is 0.335 e. The van der Waals surface area contributed by atoms with E-state index in [1.54, 1.807) is 6.92 Å². The number of carbonyl (C=O) groups excluding carboxylic acids is 1. The molecule has 2 heterocycles. The maximum absolute atomic E-state index is 12.2. The molecule has 18 heavy (non-hydrogen) atoms. The topological polar surface area (TPSA) is 73.1 Å². The molecule has 0 bridgehead atoms. The van der Waals surface area contributed by atoms with Crippen LogP contribution >= 0.6 is 11.5 Å². The molecule has 0 saturated carbocycles. The van der Waals surface area contributed by atoms with E-state index in [0.717, 1.165) is 24.6 Å². The summed E-state index contributed by atoms with van der Waals surface area (Å²) in [5.41, 5.74) is 0.692. The fraction of sp³-hybridized carbons (Fsp3) is 0.636. The van der Waals surface area contributed by atoms with Crippen molar-refractivity contribution >= 4 is 17.4 Å². The molecule has 6 nitrogen and oxygen atoms in total. The van der Waals surface area contributed by atoms with Crippen LogP contribution in [0.2, 0.25) is 0 Å². The van der Waals surface area contributed by atoms with E-state index in [2.05, 4.69) is 20.6 Å². The molecule has 1 aliphatic heterocycles. The van der Waals surface area contributed by atoms with Crippen LogP contribution in [0.4, 0.5) is 0 Å². The van der Waals surface area contributed by atoms with Gasteiger partial charge in [0, 0.05) is 26.2 Å². The van der Waals surface area contributed by atoms with Crippen LogP contribution in [0.3, 0.4) is 0 Å². The van der Waals surface area contributed by atoms with Gasteiger partial charge in [-0.3, -0.25) is 9.69 Å². The molecule has 1 aromatic rings. The molecule has 1 aliphatic rings. The lowest BCUT2D eigenvalue weighted by molar-refractivity contribution is 0.0619. The number of nitriles is 1. The Hall–Kier alpha value is -1.52. The van der Waals surface area contributed by atoms with E-state index >= 15 is 0 Å². The quantitative estimate of drug-likeness (QED) is 0.779. The van der Waals surface area contributed by atoms with E-state index in [4.69, 9.17) is 5.26 Å². The standard InChI is InChI=1S/C11H15N5OS/c1-8(7-12)15-3-5-16(6-4-15)11(17)10-9(2)13-14-18-10/h8H,3-6H2,1-2H3. The molecule has 1 aromatic heterocycles. The van der Waals surface area contributed by atoms with Crippen LogP contribution < -0.4 is 0 Å². The number of piperazine rings is 1. The minimum Gasteiger partial charge on any atom is -0.335 e. The number of amides is 1. The molecule has 0 N–H and O–H groups in total. The van der Waals surface area contributed by atoms with Crippen molar-refractivity contribution in [1.82, 2.24) is 19.4 Å². The molecule has 2 rings (SSSR count). The fourth-order valence-electron chi connectivity index (χ4n) is 1.97. The van der Waals surface area contributed by atoms with Crippen LogP contribution in [0.1, 0.15) is 22.3 Å². The Labute approximate surface area is 110 Å². The van der Waals surface area contributed by atoms with Crippen LogP contribution in [0.25, 0.3) is 0 Å². The highest BCUT2D eigenvalue weighted by Crippen LogP contribution is 2.15. The first kappa shape index (κ1) is 12.9. The van der Waals surface area contributed by atoms with Gasteiger partial charge in [-0.15, -0.1) is 5.10 Å². The van der Waals surface area contributed by atoms with Gasteiger partial charge in [0.1, 0.15) is 4.88 Å². The molecule has 0 radical (unpaired) electrons. The van der Waals surface area contributed by atoms with Gasteiger partial charge in [0.25, 0.3) is 5.91 Å². The number of hydrogen-bond acceptors (Lipinski definition) is 6. The summed E-state index contributed by atoms with van der Waals surface area (Å²) in [6.07, 6.45) is 0. The summed E-state index contributed by atoms with van der Waals surface area (Å²) >= 11 is 1.14. The second-order valence-electron chi connectivity index (χ2n) is 4.32. The average molecular weight is 265 g/mol. The molecular weight excluding hydrogens is 250 g/mol. The Balaban J connectivity index is 1.97. The second kappa shape index (κ2) is 5.42. The van der Waals surface area contributed by atoms with Crippen LogP contribution in [0.5, 0.6) is 0 Å². The Kier molecular flexibility index (Phi) is 3.89. The normalized spacial score (nSPS) is 18.4. The van der Waals surface area contributed by atoms with E-state index in [0.29, 0.717) is 23.7 Å². The summed E-state index contributed by atoms with van der Waals surface area (Å²) in [4.78, 5) is 16.7. The van der Waals surface area contributed by atoms with Crippen molar-refractivity contribution in [1.29, 1.82) is 5.26 Å². The maximum Gasteiger partial charge on any atom is 0.267 e. The lowest BCUT2D eigenvalue weighted by Crippen LogP contribution is -2.51. The third kappa shape index (κ3) is 2.49. The highest BCUT2D eigenvalue weighted by Gasteiger charge is 2.26. The molecule has 0 aliphatic carbocycles. The van der Waals surface area contributed by atoms with Gasteiger partial charge in [-0.1, -0.05) is 4.49 Å².